The van der Waals surface area contributed by atoms with Crippen LogP contribution in [0.15, 0.2) is 12.2 Å². The van der Waals surface area contributed by atoms with Gasteiger partial charge in [0.15, 0.2) is 0 Å². The first-order valence-corrected chi connectivity index (χ1v) is 23.3. The molecule has 1 amide bonds. The number of nitrogens with two attached hydrogens (primary N) is 1. The van der Waals surface area contributed by atoms with E-state index in [-0.39, 0.29) is 25.7 Å². The minimum atomic E-state index is -4.33. The molecule has 0 saturated carbocycles. The van der Waals surface area contributed by atoms with E-state index >= 15 is 0 Å². The van der Waals surface area contributed by atoms with Crippen LogP contribution in [0, 0.1) is 0 Å². The average Bonchev–Trinajstić information content (AvgIpc) is 3.12. The maximum Gasteiger partial charge on any atom is 0.472 e. The van der Waals surface area contributed by atoms with Gasteiger partial charge in [-0.1, -0.05) is 206 Å². The molecule has 0 aliphatic heterocycles. The minimum Gasteiger partial charge on any atom is -0.387 e. The number of phosphoric acid groups is 1. The summed E-state index contributed by atoms with van der Waals surface area (Å²) in [5.41, 5.74) is 5.37. The van der Waals surface area contributed by atoms with Crippen molar-refractivity contribution in [1.82, 2.24) is 5.32 Å². The van der Waals surface area contributed by atoms with Gasteiger partial charge in [-0.25, -0.2) is 4.57 Å². The van der Waals surface area contributed by atoms with E-state index in [2.05, 4.69) is 19.2 Å². The van der Waals surface area contributed by atoms with Crippen LogP contribution in [0.4, 0.5) is 0 Å². The number of carbonyl (C=O) groups excluding carboxylic acids is 1. The van der Waals surface area contributed by atoms with Crippen LogP contribution in [0.2, 0.25) is 0 Å². The van der Waals surface area contributed by atoms with E-state index in [0.29, 0.717) is 6.42 Å². The molecule has 8 nitrogen and oxygen atoms in total. The van der Waals surface area contributed by atoms with Crippen molar-refractivity contribution in [3.05, 3.63) is 12.2 Å². The standard InChI is InChI=1S/C42H85N2O6P/c1-3-5-7-9-11-13-15-17-19-20-21-22-23-25-27-29-31-33-35-41(45)40(39-50-51(47,48)49-38-37-43)44-42(46)36-34-32-30-28-26-24-18-16-14-12-10-8-6-4-2/h33,35,40-41,45H,3-32,34,36-39,43H2,1-2H3,(H,44,46)(H,47,48)/b35-33+. The van der Waals surface area contributed by atoms with Crippen LogP contribution in [0.1, 0.15) is 219 Å². The summed E-state index contributed by atoms with van der Waals surface area (Å²) in [6.07, 6.45) is 42.5. The van der Waals surface area contributed by atoms with Crippen LogP contribution < -0.4 is 11.1 Å². The number of allylic oxidation sites excluding steroid dienone is 1. The quantitative estimate of drug-likeness (QED) is 0.0278. The van der Waals surface area contributed by atoms with E-state index in [1.54, 1.807) is 6.08 Å². The van der Waals surface area contributed by atoms with Gasteiger partial charge in [0, 0.05) is 13.0 Å². The van der Waals surface area contributed by atoms with Crippen LogP contribution in [-0.4, -0.2) is 47.8 Å². The minimum absolute atomic E-state index is 0.0813. The maximum atomic E-state index is 12.7. The number of aliphatic hydroxyl groups is 1. The number of hydrogen-bond donors (Lipinski definition) is 4. The molecule has 0 bridgehead atoms. The van der Waals surface area contributed by atoms with Crippen molar-refractivity contribution in [1.29, 1.82) is 0 Å². The second kappa shape index (κ2) is 38.9. The van der Waals surface area contributed by atoms with Crippen molar-refractivity contribution >= 4 is 13.7 Å². The van der Waals surface area contributed by atoms with Gasteiger partial charge < -0.3 is 21.1 Å². The van der Waals surface area contributed by atoms with Gasteiger partial charge in [0.2, 0.25) is 5.91 Å². The molecule has 9 heteroatoms. The van der Waals surface area contributed by atoms with Crippen LogP contribution in [0.5, 0.6) is 0 Å². The number of aliphatic hydroxyl groups excluding tert-OH is 1. The number of amides is 1. The smallest absolute Gasteiger partial charge is 0.387 e. The van der Waals surface area contributed by atoms with E-state index in [0.717, 1.165) is 38.5 Å². The van der Waals surface area contributed by atoms with E-state index in [1.807, 2.05) is 6.08 Å². The molecule has 3 atom stereocenters. The third-order valence-electron chi connectivity index (χ3n) is 9.86. The summed E-state index contributed by atoms with van der Waals surface area (Å²) in [5, 5.41) is 13.7. The highest BCUT2D eigenvalue weighted by Crippen LogP contribution is 2.43. The van der Waals surface area contributed by atoms with Gasteiger partial charge >= 0.3 is 7.82 Å². The highest BCUT2D eigenvalue weighted by molar-refractivity contribution is 7.47. The fraction of sp³-hybridized carbons (Fsp3) is 0.929. The molecule has 0 rings (SSSR count). The van der Waals surface area contributed by atoms with E-state index < -0.39 is 20.0 Å². The molecule has 304 valence electrons. The summed E-state index contributed by atoms with van der Waals surface area (Å²) in [6.45, 7) is 4.15. The zero-order valence-electron chi connectivity index (χ0n) is 33.6. The lowest BCUT2D eigenvalue weighted by Gasteiger charge is -2.23. The predicted octanol–water partition coefficient (Wildman–Crippen LogP) is 12.0. The highest BCUT2D eigenvalue weighted by atomic mass is 31.2. The van der Waals surface area contributed by atoms with Gasteiger partial charge in [-0.3, -0.25) is 13.8 Å². The molecule has 0 saturated heterocycles. The normalized spacial score (nSPS) is 14.2. The van der Waals surface area contributed by atoms with E-state index in [1.165, 1.54) is 161 Å². The van der Waals surface area contributed by atoms with E-state index in [4.69, 9.17) is 14.8 Å². The van der Waals surface area contributed by atoms with Crippen molar-refractivity contribution in [2.24, 2.45) is 5.73 Å². The molecule has 0 aliphatic carbocycles. The Labute approximate surface area is 315 Å². The second-order valence-corrected chi connectivity index (χ2v) is 16.4. The predicted molar refractivity (Wildman–Crippen MR) is 217 cm³/mol. The topological polar surface area (TPSA) is 131 Å². The number of nitrogens with one attached hydrogen (secondary N) is 1. The number of unbranched alkanes of at least 4 members (excludes halogenated alkanes) is 29. The lowest BCUT2D eigenvalue weighted by atomic mass is 10.0. The Kier molecular flexibility index (Phi) is 38.4. The lowest BCUT2D eigenvalue weighted by molar-refractivity contribution is -0.123. The Balaban J connectivity index is 4.19. The Morgan fingerprint density at radius 2 is 1.00 bits per heavy atom. The molecular weight excluding hydrogens is 659 g/mol. The largest absolute Gasteiger partial charge is 0.472 e. The fourth-order valence-corrected chi connectivity index (χ4v) is 7.30. The van der Waals surface area contributed by atoms with Crippen LogP contribution in [-0.2, 0) is 18.4 Å². The maximum absolute atomic E-state index is 12.7. The zero-order valence-corrected chi connectivity index (χ0v) is 34.5. The summed E-state index contributed by atoms with van der Waals surface area (Å²) >= 11 is 0. The Bertz CT molecular complexity index is 814. The zero-order chi connectivity index (χ0) is 37.5. The van der Waals surface area contributed by atoms with Crippen LogP contribution in [0.3, 0.4) is 0 Å². The van der Waals surface area contributed by atoms with Gasteiger partial charge in [0.05, 0.1) is 25.4 Å². The fourth-order valence-electron chi connectivity index (χ4n) is 6.54. The molecule has 0 heterocycles. The van der Waals surface area contributed by atoms with E-state index in [9.17, 15) is 19.4 Å². The van der Waals surface area contributed by atoms with Gasteiger partial charge in [-0.05, 0) is 19.3 Å². The summed E-state index contributed by atoms with van der Waals surface area (Å²) in [6, 6.07) is -0.854. The number of hydrogen-bond acceptors (Lipinski definition) is 6. The van der Waals surface area contributed by atoms with Crippen molar-refractivity contribution in [2.75, 3.05) is 19.8 Å². The molecule has 0 aromatic rings. The molecule has 51 heavy (non-hydrogen) atoms. The molecule has 0 fully saturated rings. The molecule has 0 radical (unpaired) electrons. The summed E-state index contributed by atoms with van der Waals surface area (Å²) in [4.78, 5) is 22.7. The highest BCUT2D eigenvalue weighted by Gasteiger charge is 2.26. The Hall–Kier alpha value is -0.760. The van der Waals surface area contributed by atoms with Crippen molar-refractivity contribution in [3.8, 4) is 0 Å². The second-order valence-electron chi connectivity index (χ2n) is 14.9. The summed E-state index contributed by atoms with van der Waals surface area (Å²) in [5.74, 6) is -0.191. The Morgan fingerprint density at radius 1 is 0.627 bits per heavy atom. The molecule has 0 aliphatic rings. The van der Waals surface area contributed by atoms with Crippen molar-refractivity contribution in [2.45, 2.75) is 231 Å². The van der Waals surface area contributed by atoms with Crippen LogP contribution in [0.25, 0.3) is 0 Å². The van der Waals surface area contributed by atoms with Crippen LogP contribution >= 0.6 is 7.82 Å². The summed E-state index contributed by atoms with van der Waals surface area (Å²) in [7, 11) is -4.33. The molecule has 0 aromatic carbocycles. The molecule has 5 N–H and O–H groups in total. The SMILES string of the molecule is CCCCCCCCCCCCCCCCCC/C=C/C(O)C(COP(=O)(O)OCCN)NC(=O)CCCCCCCCCCCCCCCC. The first-order chi connectivity index (χ1) is 24.9. The third-order valence-corrected chi connectivity index (χ3v) is 10.8. The monoisotopic (exact) mass is 745 g/mol. The molecule has 0 aromatic heterocycles. The molecule has 3 unspecified atom stereocenters. The number of phosphoric ester groups is 1. The average molecular weight is 745 g/mol. The molecule has 0 spiro atoms. The van der Waals surface area contributed by atoms with Gasteiger partial charge in [-0.2, -0.15) is 0 Å². The first-order valence-electron chi connectivity index (χ1n) is 21.8. The van der Waals surface area contributed by atoms with Crippen molar-refractivity contribution < 1.29 is 28.4 Å². The molecular formula is C42H85N2O6P. The van der Waals surface area contributed by atoms with Gasteiger partial charge in [-0.15, -0.1) is 0 Å². The van der Waals surface area contributed by atoms with Gasteiger partial charge in [0.25, 0.3) is 0 Å². The number of carbonyl (C=O) groups is 1. The van der Waals surface area contributed by atoms with Crippen molar-refractivity contribution in [3.63, 3.8) is 0 Å². The summed E-state index contributed by atoms with van der Waals surface area (Å²) < 4.78 is 22.1. The first kappa shape index (κ1) is 50.2. The van der Waals surface area contributed by atoms with Gasteiger partial charge in [0.1, 0.15) is 0 Å². The third kappa shape index (κ3) is 37.4. The number of rotatable bonds is 41. The lowest BCUT2D eigenvalue weighted by Crippen LogP contribution is -2.45. The Morgan fingerprint density at radius 3 is 1.39 bits per heavy atom.